The quantitative estimate of drug-likeness (QED) is 0.494. The van der Waals surface area contributed by atoms with Crippen molar-refractivity contribution in [3.05, 3.63) is 44.7 Å². The third-order valence-corrected chi connectivity index (χ3v) is 4.83. The van der Waals surface area contributed by atoms with Crippen molar-refractivity contribution in [2.45, 2.75) is 25.9 Å². The zero-order chi connectivity index (χ0) is 20.0. The third-order valence-electron chi connectivity index (χ3n) is 3.50. The summed E-state index contributed by atoms with van der Waals surface area (Å²) in [4.78, 5) is 29.0. The number of ketones is 1. The number of amides is 1. The molecule has 0 radical (unpaired) electrons. The maximum atomic E-state index is 12.5. The van der Waals surface area contributed by atoms with E-state index in [1.165, 1.54) is 11.3 Å². The SMILES string of the molecule is Cc1ccc(C(=O)CCC(=O)NCCNc2ncc(C(F)(F)F)cc2Cl)s1. The van der Waals surface area contributed by atoms with Crippen molar-refractivity contribution in [3.63, 3.8) is 0 Å². The summed E-state index contributed by atoms with van der Waals surface area (Å²) in [6, 6.07) is 4.38. The van der Waals surface area contributed by atoms with Crippen molar-refractivity contribution in [3.8, 4) is 0 Å². The number of rotatable bonds is 8. The molecule has 10 heteroatoms. The molecule has 0 atom stereocenters. The van der Waals surface area contributed by atoms with E-state index < -0.39 is 11.7 Å². The highest BCUT2D eigenvalue weighted by molar-refractivity contribution is 7.14. The van der Waals surface area contributed by atoms with Crippen LogP contribution in [0.25, 0.3) is 0 Å². The van der Waals surface area contributed by atoms with Gasteiger partial charge in [0, 0.05) is 37.0 Å². The Kier molecular flexibility index (Phi) is 7.20. The van der Waals surface area contributed by atoms with Crippen molar-refractivity contribution >= 4 is 40.4 Å². The Bertz CT molecular complexity index is 824. The number of aromatic nitrogens is 1. The van der Waals surface area contributed by atoms with Crippen LogP contribution in [-0.2, 0) is 11.0 Å². The molecule has 0 aliphatic heterocycles. The van der Waals surface area contributed by atoms with Gasteiger partial charge in [-0.05, 0) is 25.1 Å². The van der Waals surface area contributed by atoms with Gasteiger partial charge >= 0.3 is 6.18 Å². The zero-order valence-corrected chi connectivity index (χ0v) is 15.9. The summed E-state index contributed by atoms with van der Waals surface area (Å²) in [5, 5.41) is 5.21. The summed E-state index contributed by atoms with van der Waals surface area (Å²) < 4.78 is 37.6. The molecule has 2 aromatic rings. The molecule has 2 N–H and O–H groups in total. The number of Topliss-reactive ketones (excluding diaryl/α,β-unsaturated/α-hetero) is 1. The molecule has 0 saturated heterocycles. The number of alkyl halides is 3. The highest BCUT2D eigenvalue weighted by Gasteiger charge is 2.31. The van der Waals surface area contributed by atoms with E-state index in [1.807, 2.05) is 13.0 Å². The predicted molar refractivity (Wildman–Crippen MR) is 98.4 cm³/mol. The highest BCUT2D eigenvalue weighted by atomic mass is 35.5. The van der Waals surface area contributed by atoms with Crippen LogP contribution in [0.5, 0.6) is 0 Å². The van der Waals surface area contributed by atoms with Crippen LogP contribution in [0, 0.1) is 6.92 Å². The summed E-state index contributed by atoms with van der Waals surface area (Å²) in [5.41, 5.74) is -0.933. The molecule has 2 aromatic heterocycles. The van der Waals surface area contributed by atoms with Crippen LogP contribution in [0.2, 0.25) is 5.02 Å². The number of aryl methyl sites for hydroxylation is 1. The van der Waals surface area contributed by atoms with Gasteiger partial charge in [0.05, 0.1) is 15.5 Å². The average Bonchev–Trinajstić information content (AvgIpc) is 3.03. The molecular formula is C17H17ClF3N3O2S. The molecule has 0 saturated carbocycles. The van der Waals surface area contributed by atoms with Gasteiger partial charge in [-0.25, -0.2) is 4.98 Å². The van der Waals surface area contributed by atoms with Crippen LogP contribution in [0.15, 0.2) is 24.4 Å². The first-order chi connectivity index (χ1) is 12.7. The molecular weight excluding hydrogens is 403 g/mol. The smallest absolute Gasteiger partial charge is 0.367 e. The van der Waals surface area contributed by atoms with E-state index in [2.05, 4.69) is 15.6 Å². The van der Waals surface area contributed by atoms with Gasteiger partial charge in [0.15, 0.2) is 5.78 Å². The number of pyridine rings is 1. The molecule has 2 heterocycles. The molecule has 146 valence electrons. The minimum Gasteiger partial charge on any atom is -0.367 e. The summed E-state index contributed by atoms with van der Waals surface area (Å²) >= 11 is 7.16. The Morgan fingerprint density at radius 3 is 2.56 bits per heavy atom. The van der Waals surface area contributed by atoms with E-state index in [0.29, 0.717) is 11.1 Å². The molecule has 1 amide bonds. The molecule has 0 bridgehead atoms. The molecule has 0 spiro atoms. The standard InChI is InChI=1S/C17H17ClF3N3O2S/c1-10-2-4-14(27-10)13(25)3-5-15(26)22-6-7-23-16-12(18)8-11(9-24-16)17(19,20)21/h2,4,8-9H,3,5-7H2,1H3,(H,22,26)(H,23,24). The van der Waals surface area contributed by atoms with Gasteiger partial charge in [-0.2, -0.15) is 13.2 Å². The lowest BCUT2D eigenvalue weighted by molar-refractivity contribution is -0.137. The number of nitrogens with one attached hydrogen (secondary N) is 2. The fourth-order valence-corrected chi connectivity index (χ4v) is 3.20. The fourth-order valence-electron chi connectivity index (χ4n) is 2.13. The Morgan fingerprint density at radius 2 is 1.96 bits per heavy atom. The monoisotopic (exact) mass is 419 g/mol. The van der Waals surface area contributed by atoms with E-state index in [1.54, 1.807) is 6.07 Å². The Labute approximate surface area is 162 Å². The van der Waals surface area contributed by atoms with Gasteiger partial charge in [0.2, 0.25) is 5.91 Å². The van der Waals surface area contributed by atoms with Gasteiger partial charge in [-0.3, -0.25) is 9.59 Å². The number of halogens is 4. The second kappa shape index (κ2) is 9.18. The summed E-state index contributed by atoms with van der Waals surface area (Å²) in [6.07, 6.45) is -3.65. The molecule has 0 unspecified atom stereocenters. The minimum atomic E-state index is -4.51. The predicted octanol–water partition coefficient (Wildman–Crippen LogP) is 4.31. The number of hydrogen-bond donors (Lipinski definition) is 2. The first kappa shape index (κ1) is 21.2. The largest absolute Gasteiger partial charge is 0.417 e. The van der Waals surface area contributed by atoms with Gasteiger partial charge in [-0.15, -0.1) is 11.3 Å². The van der Waals surface area contributed by atoms with Crippen LogP contribution in [0.1, 0.15) is 33.0 Å². The van der Waals surface area contributed by atoms with E-state index in [0.717, 1.165) is 10.9 Å². The molecule has 27 heavy (non-hydrogen) atoms. The Balaban J connectivity index is 1.70. The first-order valence-corrected chi connectivity index (χ1v) is 9.19. The molecule has 5 nitrogen and oxygen atoms in total. The summed E-state index contributed by atoms with van der Waals surface area (Å²) in [5.74, 6) is -0.269. The van der Waals surface area contributed by atoms with Gasteiger partial charge in [-0.1, -0.05) is 11.6 Å². The lowest BCUT2D eigenvalue weighted by Crippen LogP contribution is -2.29. The van der Waals surface area contributed by atoms with Crippen LogP contribution in [-0.4, -0.2) is 29.8 Å². The molecule has 0 aromatic carbocycles. The number of nitrogens with zero attached hydrogens (tertiary/aromatic N) is 1. The number of hydrogen-bond acceptors (Lipinski definition) is 5. The van der Waals surface area contributed by atoms with E-state index >= 15 is 0 Å². The minimum absolute atomic E-state index is 0.0646. The average molecular weight is 420 g/mol. The van der Waals surface area contributed by atoms with Gasteiger partial charge < -0.3 is 10.6 Å². The van der Waals surface area contributed by atoms with Crippen LogP contribution >= 0.6 is 22.9 Å². The van der Waals surface area contributed by atoms with E-state index in [-0.39, 0.29) is 48.5 Å². The van der Waals surface area contributed by atoms with Crippen molar-refractivity contribution < 1.29 is 22.8 Å². The van der Waals surface area contributed by atoms with Crippen molar-refractivity contribution in [2.24, 2.45) is 0 Å². The lowest BCUT2D eigenvalue weighted by atomic mass is 10.2. The number of carbonyl (C=O) groups excluding carboxylic acids is 2. The number of anilines is 1. The molecule has 2 rings (SSSR count). The Morgan fingerprint density at radius 1 is 1.22 bits per heavy atom. The van der Waals surface area contributed by atoms with Crippen LogP contribution in [0.4, 0.5) is 19.0 Å². The van der Waals surface area contributed by atoms with Crippen LogP contribution < -0.4 is 10.6 Å². The number of carbonyl (C=O) groups is 2. The maximum absolute atomic E-state index is 12.5. The lowest BCUT2D eigenvalue weighted by Gasteiger charge is -2.11. The third kappa shape index (κ3) is 6.51. The molecule has 0 aliphatic rings. The van der Waals surface area contributed by atoms with Gasteiger partial charge in [0.25, 0.3) is 0 Å². The molecule has 0 fully saturated rings. The van der Waals surface area contributed by atoms with E-state index in [9.17, 15) is 22.8 Å². The second-order valence-corrected chi connectivity index (χ2v) is 7.36. The normalized spacial score (nSPS) is 11.3. The van der Waals surface area contributed by atoms with Crippen molar-refractivity contribution in [1.29, 1.82) is 0 Å². The summed E-state index contributed by atoms with van der Waals surface area (Å²) in [7, 11) is 0. The zero-order valence-electron chi connectivity index (χ0n) is 14.3. The van der Waals surface area contributed by atoms with E-state index in [4.69, 9.17) is 11.6 Å². The summed E-state index contributed by atoms with van der Waals surface area (Å²) in [6.45, 7) is 2.34. The van der Waals surface area contributed by atoms with Crippen molar-refractivity contribution in [2.75, 3.05) is 18.4 Å². The van der Waals surface area contributed by atoms with Gasteiger partial charge in [0.1, 0.15) is 5.82 Å². The second-order valence-electron chi connectivity index (χ2n) is 5.66. The Hall–Kier alpha value is -2.13. The maximum Gasteiger partial charge on any atom is 0.417 e. The number of thiophene rings is 1. The fraction of sp³-hybridized carbons (Fsp3) is 0.353. The topological polar surface area (TPSA) is 71.1 Å². The molecule has 0 aliphatic carbocycles. The van der Waals surface area contributed by atoms with Crippen LogP contribution in [0.3, 0.4) is 0 Å². The van der Waals surface area contributed by atoms with Crippen molar-refractivity contribution in [1.82, 2.24) is 10.3 Å². The highest BCUT2D eigenvalue weighted by Crippen LogP contribution is 2.32. The first-order valence-electron chi connectivity index (χ1n) is 8.00.